The molecular formula is C16H21N3O. The second-order valence-electron chi connectivity index (χ2n) is 5.10. The van der Waals surface area contributed by atoms with Crippen LogP contribution in [0.4, 0.5) is 0 Å². The third-order valence-electron chi connectivity index (χ3n) is 3.36. The van der Waals surface area contributed by atoms with Crippen LogP contribution in [0.3, 0.4) is 0 Å². The molecule has 0 saturated heterocycles. The largest absolute Gasteiger partial charge is 0.361 e. The molecule has 1 aromatic carbocycles. The fraction of sp³-hybridized carbons (Fsp3) is 0.312. The lowest BCUT2D eigenvalue weighted by molar-refractivity contribution is -0.122. The highest BCUT2D eigenvalue weighted by Gasteiger charge is 2.17. The monoisotopic (exact) mass is 271 g/mol. The van der Waals surface area contributed by atoms with E-state index in [2.05, 4.69) is 16.9 Å². The van der Waals surface area contributed by atoms with Crippen LogP contribution in [-0.2, 0) is 11.2 Å². The summed E-state index contributed by atoms with van der Waals surface area (Å²) in [5.41, 5.74) is 8.13. The number of H-pyrrole nitrogens is 1. The maximum Gasteiger partial charge on any atom is 0.237 e. The number of carbonyl (C=O) groups is 1. The van der Waals surface area contributed by atoms with E-state index in [1.807, 2.05) is 37.4 Å². The summed E-state index contributed by atoms with van der Waals surface area (Å²) in [5.74, 6) is -0.121. The molecule has 0 aliphatic heterocycles. The molecule has 1 aromatic heterocycles. The molecule has 1 heterocycles. The van der Waals surface area contributed by atoms with Crippen LogP contribution >= 0.6 is 0 Å². The van der Waals surface area contributed by atoms with Crippen molar-refractivity contribution in [2.45, 2.75) is 31.8 Å². The maximum atomic E-state index is 12.0. The molecule has 0 saturated carbocycles. The molecule has 0 bridgehead atoms. The molecule has 0 aliphatic carbocycles. The topological polar surface area (TPSA) is 70.9 Å². The number of aromatic nitrogens is 1. The first-order chi connectivity index (χ1) is 9.61. The number of aromatic amines is 1. The quantitative estimate of drug-likeness (QED) is 0.704. The van der Waals surface area contributed by atoms with E-state index in [0.717, 1.165) is 22.9 Å². The molecule has 0 aliphatic rings. The summed E-state index contributed by atoms with van der Waals surface area (Å²) in [6.45, 7) is 5.60. The third kappa shape index (κ3) is 3.27. The number of rotatable bonds is 6. The highest BCUT2D eigenvalue weighted by molar-refractivity contribution is 5.86. The molecule has 20 heavy (non-hydrogen) atoms. The number of hydrogen-bond donors (Lipinski definition) is 3. The predicted molar refractivity (Wildman–Crippen MR) is 82.4 cm³/mol. The van der Waals surface area contributed by atoms with Crippen molar-refractivity contribution in [1.29, 1.82) is 0 Å². The zero-order valence-electron chi connectivity index (χ0n) is 11.7. The minimum atomic E-state index is -0.540. The number of nitrogens with one attached hydrogen (secondary N) is 2. The van der Waals surface area contributed by atoms with Gasteiger partial charge < -0.3 is 16.0 Å². The summed E-state index contributed by atoms with van der Waals surface area (Å²) in [6.07, 6.45) is 4.98. The lowest BCUT2D eigenvalue weighted by Crippen LogP contribution is -2.45. The van der Waals surface area contributed by atoms with E-state index in [4.69, 9.17) is 5.73 Å². The molecule has 2 aromatic rings. The number of fused-ring (bicyclic) bond motifs is 1. The van der Waals surface area contributed by atoms with Crippen molar-refractivity contribution in [3.8, 4) is 0 Å². The van der Waals surface area contributed by atoms with Gasteiger partial charge in [0.2, 0.25) is 5.91 Å². The molecule has 4 heteroatoms. The van der Waals surface area contributed by atoms with E-state index in [-0.39, 0.29) is 11.9 Å². The Hall–Kier alpha value is -2.07. The lowest BCUT2D eigenvalue weighted by Gasteiger charge is -2.16. The first kappa shape index (κ1) is 14.3. The van der Waals surface area contributed by atoms with Crippen LogP contribution in [0.1, 0.15) is 18.9 Å². The van der Waals surface area contributed by atoms with Gasteiger partial charge in [-0.05, 0) is 31.4 Å². The summed E-state index contributed by atoms with van der Waals surface area (Å²) in [7, 11) is 0. The van der Waals surface area contributed by atoms with Crippen LogP contribution < -0.4 is 11.1 Å². The number of amides is 1. The Labute approximate surface area is 119 Å². The van der Waals surface area contributed by atoms with Crippen LogP contribution in [0.2, 0.25) is 0 Å². The Balaban J connectivity index is 2.02. The Morgan fingerprint density at radius 3 is 3.00 bits per heavy atom. The van der Waals surface area contributed by atoms with Gasteiger partial charge in [0.05, 0.1) is 6.04 Å². The van der Waals surface area contributed by atoms with Crippen molar-refractivity contribution in [3.63, 3.8) is 0 Å². The van der Waals surface area contributed by atoms with Gasteiger partial charge in [-0.15, -0.1) is 6.58 Å². The number of para-hydroxylation sites is 1. The smallest absolute Gasteiger partial charge is 0.237 e. The van der Waals surface area contributed by atoms with Crippen LogP contribution in [0.15, 0.2) is 43.1 Å². The molecule has 106 valence electrons. The highest BCUT2D eigenvalue weighted by atomic mass is 16.2. The van der Waals surface area contributed by atoms with Crippen LogP contribution in [-0.4, -0.2) is 23.0 Å². The Morgan fingerprint density at radius 1 is 1.50 bits per heavy atom. The van der Waals surface area contributed by atoms with E-state index >= 15 is 0 Å². The molecule has 0 radical (unpaired) electrons. The molecule has 2 atom stereocenters. The average Bonchev–Trinajstić information content (AvgIpc) is 2.82. The van der Waals surface area contributed by atoms with Gasteiger partial charge in [0.15, 0.2) is 0 Å². The van der Waals surface area contributed by atoms with Gasteiger partial charge >= 0.3 is 0 Å². The number of carbonyl (C=O) groups excluding carboxylic acids is 1. The van der Waals surface area contributed by atoms with Crippen molar-refractivity contribution in [3.05, 3.63) is 48.7 Å². The summed E-state index contributed by atoms with van der Waals surface area (Å²) in [4.78, 5) is 15.2. The molecule has 1 unspecified atom stereocenters. The Morgan fingerprint density at radius 2 is 2.25 bits per heavy atom. The van der Waals surface area contributed by atoms with Gasteiger partial charge in [-0.3, -0.25) is 4.79 Å². The predicted octanol–water partition coefficient (Wildman–Crippen LogP) is 2.12. The minimum absolute atomic E-state index is 0.0639. The highest BCUT2D eigenvalue weighted by Crippen LogP contribution is 2.18. The lowest BCUT2D eigenvalue weighted by atomic mass is 10.0. The second kappa shape index (κ2) is 6.39. The van der Waals surface area contributed by atoms with Crippen LogP contribution in [0, 0.1) is 0 Å². The fourth-order valence-corrected chi connectivity index (χ4v) is 2.29. The molecule has 2 rings (SSSR count). The van der Waals surface area contributed by atoms with E-state index in [9.17, 15) is 4.79 Å². The van der Waals surface area contributed by atoms with E-state index in [1.54, 1.807) is 6.08 Å². The van der Waals surface area contributed by atoms with Gasteiger partial charge in [-0.2, -0.15) is 0 Å². The maximum absolute atomic E-state index is 12.0. The summed E-state index contributed by atoms with van der Waals surface area (Å²) < 4.78 is 0. The molecule has 4 nitrogen and oxygen atoms in total. The normalized spacial score (nSPS) is 13.9. The molecule has 0 spiro atoms. The molecule has 1 amide bonds. The van der Waals surface area contributed by atoms with Crippen LogP contribution in [0.5, 0.6) is 0 Å². The zero-order valence-corrected chi connectivity index (χ0v) is 11.7. The average molecular weight is 271 g/mol. The van der Waals surface area contributed by atoms with Gasteiger partial charge in [0.1, 0.15) is 0 Å². The first-order valence-corrected chi connectivity index (χ1v) is 6.83. The van der Waals surface area contributed by atoms with E-state index < -0.39 is 6.04 Å². The van der Waals surface area contributed by atoms with Crippen molar-refractivity contribution in [2.75, 3.05) is 0 Å². The van der Waals surface area contributed by atoms with E-state index in [1.165, 1.54) is 0 Å². The van der Waals surface area contributed by atoms with Gasteiger partial charge in [0.25, 0.3) is 0 Å². The van der Waals surface area contributed by atoms with Gasteiger partial charge in [-0.25, -0.2) is 0 Å². The second-order valence-corrected chi connectivity index (χ2v) is 5.10. The SMILES string of the molecule is C=CCC(C)NC(=O)[C@H](N)Cc1c[nH]c2ccccc12. The standard InChI is InChI=1S/C16H21N3O/c1-3-6-11(2)19-16(20)14(17)9-12-10-18-15-8-5-4-7-13(12)15/h3-5,7-8,10-11,14,18H,1,6,9,17H2,2H3,(H,19,20)/t11?,14-/m1/s1. The van der Waals surface area contributed by atoms with Crippen molar-refractivity contribution >= 4 is 16.8 Å². The van der Waals surface area contributed by atoms with Gasteiger partial charge in [-0.1, -0.05) is 24.3 Å². The van der Waals surface area contributed by atoms with Crippen molar-refractivity contribution in [1.82, 2.24) is 10.3 Å². The summed E-state index contributed by atoms with van der Waals surface area (Å²) >= 11 is 0. The third-order valence-corrected chi connectivity index (χ3v) is 3.36. The van der Waals surface area contributed by atoms with Crippen molar-refractivity contribution in [2.24, 2.45) is 5.73 Å². The zero-order chi connectivity index (χ0) is 14.5. The minimum Gasteiger partial charge on any atom is -0.361 e. The fourth-order valence-electron chi connectivity index (χ4n) is 2.29. The number of nitrogens with two attached hydrogens (primary N) is 1. The summed E-state index contributed by atoms with van der Waals surface area (Å²) in [5, 5.41) is 4.02. The Bertz CT molecular complexity index is 603. The number of hydrogen-bond acceptors (Lipinski definition) is 2. The molecule has 0 fully saturated rings. The number of benzene rings is 1. The Kier molecular flexibility index (Phi) is 4.58. The van der Waals surface area contributed by atoms with E-state index in [0.29, 0.717) is 6.42 Å². The molecular weight excluding hydrogens is 250 g/mol. The summed E-state index contributed by atoms with van der Waals surface area (Å²) in [6, 6.07) is 7.53. The first-order valence-electron chi connectivity index (χ1n) is 6.83. The molecule has 4 N–H and O–H groups in total. The van der Waals surface area contributed by atoms with Crippen molar-refractivity contribution < 1.29 is 4.79 Å². The van der Waals surface area contributed by atoms with Crippen LogP contribution in [0.25, 0.3) is 10.9 Å². The van der Waals surface area contributed by atoms with Gasteiger partial charge in [0, 0.05) is 23.1 Å².